The normalized spacial score (nSPS) is 49.5. The van der Waals surface area contributed by atoms with Gasteiger partial charge in [0.2, 0.25) is 0 Å². The maximum absolute atomic E-state index is 12.1. The van der Waals surface area contributed by atoms with Crippen LogP contribution in [-0.4, -0.2) is 28.2 Å². The van der Waals surface area contributed by atoms with Gasteiger partial charge in [-0.2, -0.15) is 0 Å². The van der Waals surface area contributed by atoms with Crippen molar-refractivity contribution in [3.8, 4) is 0 Å². The highest BCUT2D eigenvalue weighted by Gasteiger charge is 2.65. The van der Waals surface area contributed by atoms with Crippen LogP contribution in [0.2, 0.25) is 0 Å². The summed E-state index contributed by atoms with van der Waals surface area (Å²) in [6.07, 6.45) is 9.54. The summed E-state index contributed by atoms with van der Waals surface area (Å²) in [4.78, 5) is 12.1. The van der Waals surface area contributed by atoms with E-state index in [0.717, 1.165) is 31.6 Å². The Balaban J connectivity index is 1.56. The van der Waals surface area contributed by atoms with Crippen molar-refractivity contribution in [3.63, 3.8) is 0 Å². The third kappa shape index (κ3) is 3.51. The van der Waals surface area contributed by atoms with Crippen molar-refractivity contribution in [2.45, 2.75) is 111 Å². The lowest BCUT2D eigenvalue weighted by atomic mass is 9.43. The van der Waals surface area contributed by atoms with Crippen molar-refractivity contribution in [3.05, 3.63) is 0 Å². The SMILES string of the molecule is CC(C)CCC[C@H](C)[C@@H]1CC[C@@H]2[C@H]3[C@@H](C[C@@H](O)[C@@]21C)[C@@]1(C)CCC(=O)C[C@H]1C[C@@H]3O. The number of aliphatic hydroxyl groups is 2. The fourth-order valence-corrected chi connectivity index (χ4v) is 8.99. The second-order valence-electron chi connectivity index (χ2n) is 12.6. The first-order valence-electron chi connectivity index (χ1n) is 13.0. The van der Waals surface area contributed by atoms with Gasteiger partial charge in [0.05, 0.1) is 12.2 Å². The van der Waals surface area contributed by atoms with Crippen LogP contribution in [-0.2, 0) is 4.79 Å². The molecular formula is C27H46O3. The number of carbonyl (C=O) groups excluding carboxylic acids is 1. The monoisotopic (exact) mass is 418 g/mol. The molecule has 3 nitrogen and oxygen atoms in total. The number of hydrogen-bond acceptors (Lipinski definition) is 3. The quantitative estimate of drug-likeness (QED) is 0.609. The number of carbonyl (C=O) groups is 1. The van der Waals surface area contributed by atoms with Gasteiger partial charge in [0.25, 0.3) is 0 Å². The van der Waals surface area contributed by atoms with Crippen LogP contribution >= 0.6 is 0 Å². The van der Waals surface area contributed by atoms with Crippen LogP contribution in [0.3, 0.4) is 0 Å². The second-order valence-corrected chi connectivity index (χ2v) is 12.6. The summed E-state index contributed by atoms with van der Waals surface area (Å²) in [5.41, 5.74) is 0.0498. The standard InChI is InChI=1S/C27H46O3/c1-16(2)7-6-8-17(3)20-9-10-21-25-22(15-24(30)27(20,21)5)26(4)12-11-19(28)13-18(26)14-23(25)29/h16-18,20-25,29-30H,6-15H2,1-5H3/t17-,18-,20-,21+,22+,23-,24+,25-,26-,27+/m0/s1. The molecule has 4 fully saturated rings. The molecule has 172 valence electrons. The lowest BCUT2D eigenvalue weighted by Crippen LogP contribution is -2.62. The van der Waals surface area contributed by atoms with Gasteiger partial charge in [-0.05, 0) is 84.4 Å². The fraction of sp³-hybridized carbons (Fsp3) is 0.963. The van der Waals surface area contributed by atoms with Crippen LogP contribution < -0.4 is 0 Å². The number of Topliss-reactive ketones (excluding diaryl/α,β-unsaturated/α-hetero) is 1. The Morgan fingerprint density at radius 2 is 1.77 bits per heavy atom. The lowest BCUT2D eigenvalue weighted by molar-refractivity contribution is -0.201. The van der Waals surface area contributed by atoms with Crippen LogP contribution in [0.5, 0.6) is 0 Å². The van der Waals surface area contributed by atoms with Crippen LogP contribution in [0, 0.1) is 52.3 Å². The van der Waals surface area contributed by atoms with E-state index < -0.39 is 0 Å². The summed E-state index contributed by atoms with van der Waals surface area (Å²) in [7, 11) is 0. The Hall–Kier alpha value is -0.410. The topological polar surface area (TPSA) is 57.5 Å². The van der Waals surface area contributed by atoms with Crippen molar-refractivity contribution >= 4 is 5.78 Å². The van der Waals surface area contributed by atoms with E-state index in [2.05, 4.69) is 34.6 Å². The third-order valence-corrected chi connectivity index (χ3v) is 10.8. The number of aliphatic hydroxyl groups excluding tert-OH is 2. The molecule has 0 saturated heterocycles. The smallest absolute Gasteiger partial charge is 0.133 e. The van der Waals surface area contributed by atoms with Gasteiger partial charge in [-0.1, -0.05) is 53.9 Å². The van der Waals surface area contributed by atoms with Gasteiger partial charge in [-0.15, -0.1) is 0 Å². The Bertz CT molecular complexity index is 644. The molecule has 3 heteroatoms. The van der Waals surface area contributed by atoms with E-state index in [0.29, 0.717) is 54.1 Å². The molecule has 4 aliphatic rings. The molecule has 0 aromatic rings. The zero-order valence-electron chi connectivity index (χ0n) is 20.1. The predicted molar refractivity (Wildman–Crippen MR) is 121 cm³/mol. The lowest BCUT2D eigenvalue weighted by Gasteiger charge is -2.63. The van der Waals surface area contributed by atoms with Crippen molar-refractivity contribution in [2.24, 2.45) is 52.3 Å². The molecule has 0 aromatic carbocycles. The molecule has 0 radical (unpaired) electrons. The highest BCUT2D eigenvalue weighted by Crippen LogP contribution is 2.68. The van der Waals surface area contributed by atoms with E-state index >= 15 is 0 Å². The zero-order chi connectivity index (χ0) is 21.8. The van der Waals surface area contributed by atoms with Crippen molar-refractivity contribution in [1.29, 1.82) is 0 Å². The average molecular weight is 419 g/mol. The molecule has 4 saturated carbocycles. The minimum absolute atomic E-state index is 0.0624. The van der Waals surface area contributed by atoms with E-state index in [4.69, 9.17) is 0 Å². The summed E-state index contributed by atoms with van der Waals surface area (Å²) in [5, 5.41) is 22.9. The molecule has 0 bridgehead atoms. The van der Waals surface area contributed by atoms with Crippen LogP contribution in [0.15, 0.2) is 0 Å². The number of hydrogen-bond donors (Lipinski definition) is 2. The van der Waals surface area contributed by atoms with Gasteiger partial charge in [0.1, 0.15) is 5.78 Å². The maximum Gasteiger partial charge on any atom is 0.133 e. The molecule has 0 unspecified atom stereocenters. The van der Waals surface area contributed by atoms with E-state index in [1.54, 1.807) is 0 Å². The highest BCUT2D eigenvalue weighted by atomic mass is 16.3. The van der Waals surface area contributed by atoms with Crippen LogP contribution in [0.25, 0.3) is 0 Å². The average Bonchev–Trinajstić information content (AvgIpc) is 3.02. The van der Waals surface area contributed by atoms with Gasteiger partial charge in [0.15, 0.2) is 0 Å². The predicted octanol–water partition coefficient (Wildman–Crippen LogP) is 5.62. The van der Waals surface area contributed by atoms with E-state index in [1.165, 1.54) is 25.7 Å². The molecule has 2 N–H and O–H groups in total. The van der Waals surface area contributed by atoms with Gasteiger partial charge >= 0.3 is 0 Å². The zero-order valence-corrected chi connectivity index (χ0v) is 20.1. The molecule has 10 atom stereocenters. The summed E-state index contributed by atoms with van der Waals surface area (Å²) < 4.78 is 0. The first-order chi connectivity index (χ1) is 14.1. The molecule has 4 rings (SSSR count). The van der Waals surface area contributed by atoms with Crippen LogP contribution in [0.1, 0.15) is 98.8 Å². The van der Waals surface area contributed by atoms with Gasteiger partial charge in [-0.25, -0.2) is 0 Å². The van der Waals surface area contributed by atoms with Crippen molar-refractivity contribution in [2.75, 3.05) is 0 Å². The van der Waals surface area contributed by atoms with Gasteiger partial charge in [0, 0.05) is 12.8 Å². The molecule has 0 amide bonds. The molecular weight excluding hydrogens is 372 g/mol. The summed E-state index contributed by atoms with van der Waals surface area (Å²) in [6, 6.07) is 0. The molecule has 0 spiro atoms. The number of rotatable bonds is 5. The maximum atomic E-state index is 12.1. The Morgan fingerprint density at radius 1 is 1.03 bits per heavy atom. The Morgan fingerprint density at radius 3 is 2.47 bits per heavy atom. The Kier molecular flexibility index (Phi) is 6.21. The first kappa shape index (κ1) is 22.8. The van der Waals surface area contributed by atoms with Crippen molar-refractivity contribution in [1.82, 2.24) is 0 Å². The number of ketones is 1. The van der Waals surface area contributed by atoms with E-state index in [9.17, 15) is 15.0 Å². The molecule has 0 aliphatic heterocycles. The van der Waals surface area contributed by atoms with E-state index in [1.807, 2.05) is 0 Å². The third-order valence-electron chi connectivity index (χ3n) is 10.8. The minimum Gasteiger partial charge on any atom is -0.393 e. The fourth-order valence-electron chi connectivity index (χ4n) is 8.99. The molecule has 30 heavy (non-hydrogen) atoms. The summed E-state index contributed by atoms with van der Waals surface area (Å²) >= 11 is 0. The largest absolute Gasteiger partial charge is 0.393 e. The highest BCUT2D eigenvalue weighted by molar-refractivity contribution is 5.79. The molecule has 4 aliphatic carbocycles. The second kappa shape index (κ2) is 8.18. The summed E-state index contributed by atoms with van der Waals surface area (Å²) in [5.74, 6) is 3.74. The van der Waals surface area contributed by atoms with E-state index in [-0.39, 0.29) is 23.0 Å². The van der Waals surface area contributed by atoms with Gasteiger partial charge in [-0.3, -0.25) is 4.79 Å². The van der Waals surface area contributed by atoms with Crippen molar-refractivity contribution < 1.29 is 15.0 Å². The van der Waals surface area contributed by atoms with Gasteiger partial charge < -0.3 is 10.2 Å². The Labute approximate surface area is 184 Å². The minimum atomic E-state index is -0.300. The summed E-state index contributed by atoms with van der Waals surface area (Å²) in [6.45, 7) is 11.8. The number of fused-ring (bicyclic) bond motifs is 5. The first-order valence-corrected chi connectivity index (χ1v) is 13.0. The molecule has 0 heterocycles. The molecule has 0 aromatic heterocycles. The van der Waals surface area contributed by atoms with Crippen LogP contribution in [0.4, 0.5) is 0 Å².